The predicted octanol–water partition coefficient (Wildman–Crippen LogP) is 1.44. The van der Waals surface area contributed by atoms with Crippen LogP contribution in [0.25, 0.3) is 10.9 Å². The molecule has 0 spiro atoms. The van der Waals surface area contributed by atoms with Crippen LogP contribution >= 0.6 is 0 Å². The minimum absolute atomic E-state index is 0.447. The van der Waals surface area contributed by atoms with E-state index in [-0.39, 0.29) is 0 Å². The maximum Gasteiger partial charge on any atom is 0.252 e. The molecule has 2 aromatic rings. The van der Waals surface area contributed by atoms with Gasteiger partial charge in [-0.25, -0.2) is 4.98 Å². The van der Waals surface area contributed by atoms with Crippen molar-refractivity contribution in [2.45, 2.75) is 6.92 Å². The van der Waals surface area contributed by atoms with Gasteiger partial charge < -0.3 is 15.5 Å². The fourth-order valence-electron chi connectivity index (χ4n) is 2.32. The number of benzene rings is 1. The lowest BCUT2D eigenvalue weighted by Gasteiger charge is -2.24. The lowest BCUT2D eigenvalue weighted by molar-refractivity contribution is 0.1000. The van der Waals surface area contributed by atoms with E-state index in [9.17, 15) is 4.79 Å². The molecule has 0 fully saturated rings. The fourth-order valence-corrected chi connectivity index (χ4v) is 2.32. The third-order valence-electron chi connectivity index (χ3n) is 3.56. The Balaban J connectivity index is 2.55. The van der Waals surface area contributed by atoms with Gasteiger partial charge in [0.15, 0.2) is 0 Å². The largest absolute Gasteiger partial charge is 0.365 e. The van der Waals surface area contributed by atoms with Gasteiger partial charge in [0.25, 0.3) is 5.91 Å². The summed E-state index contributed by atoms with van der Waals surface area (Å²) in [7, 11) is 5.95. The number of nitrogens with zero attached hydrogens (tertiary/aromatic N) is 3. The van der Waals surface area contributed by atoms with Gasteiger partial charge in [-0.15, -0.1) is 0 Å². The molecule has 2 rings (SSSR count). The second-order valence-electron chi connectivity index (χ2n) is 5.47. The number of aryl methyl sites for hydroxylation is 1. The Bertz CT molecular complexity index is 667. The first-order valence-electron chi connectivity index (χ1n) is 6.88. The molecule has 1 heterocycles. The Hall–Kier alpha value is -2.14. The van der Waals surface area contributed by atoms with E-state index >= 15 is 0 Å². The van der Waals surface area contributed by atoms with Crippen LogP contribution in [0, 0.1) is 13.0 Å². The molecule has 5 nitrogen and oxygen atoms in total. The second kappa shape index (κ2) is 6.10. The topological polar surface area (TPSA) is 62.5 Å². The predicted molar refractivity (Wildman–Crippen MR) is 85.7 cm³/mol. The van der Waals surface area contributed by atoms with Crippen LogP contribution in [0.3, 0.4) is 0 Å². The summed E-state index contributed by atoms with van der Waals surface area (Å²) in [4.78, 5) is 20.5. The van der Waals surface area contributed by atoms with E-state index in [1.165, 1.54) is 0 Å². The molecular formula is C16H21N4O. The van der Waals surface area contributed by atoms with Gasteiger partial charge in [0.05, 0.1) is 11.1 Å². The van der Waals surface area contributed by atoms with Gasteiger partial charge in [0, 0.05) is 25.5 Å². The van der Waals surface area contributed by atoms with Crippen molar-refractivity contribution in [3.63, 3.8) is 0 Å². The minimum atomic E-state index is -0.447. The van der Waals surface area contributed by atoms with E-state index in [4.69, 9.17) is 5.73 Å². The SMILES string of the molecule is Cc1c(C(N)=O)c(N(C)CCN(C)C)nc2cc[c]cc12. The van der Waals surface area contributed by atoms with Crippen LogP contribution < -0.4 is 10.6 Å². The highest BCUT2D eigenvalue weighted by Crippen LogP contribution is 2.27. The number of hydrogen-bond donors (Lipinski definition) is 1. The Morgan fingerprint density at radius 1 is 1.33 bits per heavy atom. The number of nitrogens with two attached hydrogens (primary N) is 1. The number of aromatic nitrogens is 1. The van der Waals surface area contributed by atoms with Crippen molar-refractivity contribution in [3.05, 3.63) is 35.4 Å². The Kier molecular flexibility index (Phi) is 4.43. The molecule has 2 N–H and O–H groups in total. The first-order chi connectivity index (χ1) is 9.91. The van der Waals surface area contributed by atoms with Crippen molar-refractivity contribution in [3.8, 4) is 0 Å². The summed E-state index contributed by atoms with van der Waals surface area (Å²) in [6.07, 6.45) is 0. The molecule has 1 aromatic carbocycles. The molecule has 1 aromatic heterocycles. The van der Waals surface area contributed by atoms with Crippen LogP contribution in [0.4, 0.5) is 5.82 Å². The van der Waals surface area contributed by atoms with Crippen LogP contribution in [0.1, 0.15) is 15.9 Å². The molecule has 0 unspecified atom stereocenters. The van der Waals surface area contributed by atoms with Crippen LogP contribution in [0.15, 0.2) is 18.2 Å². The fraction of sp³-hybridized carbons (Fsp3) is 0.375. The van der Waals surface area contributed by atoms with Crippen LogP contribution in [-0.4, -0.2) is 50.0 Å². The number of carbonyl (C=O) groups excluding carboxylic acids is 1. The molecule has 0 saturated carbocycles. The summed E-state index contributed by atoms with van der Waals surface area (Å²) in [5, 5.41) is 0.913. The van der Waals surface area contributed by atoms with Gasteiger partial charge in [0.1, 0.15) is 5.82 Å². The van der Waals surface area contributed by atoms with Crippen molar-refractivity contribution in [1.29, 1.82) is 0 Å². The van der Waals surface area contributed by atoms with E-state index in [1.54, 1.807) is 0 Å². The van der Waals surface area contributed by atoms with Crippen molar-refractivity contribution in [1.82, 2.24) is 9.88 Å². The monoisotopic (exact) mass is 285 g/mol. The minimum Gasteiger partial charge on any atom is -0.365 e. The molecule has 0 aliphatic carbocycles. The summed E-state index contributed by atoms with van der Waals surface area (Å²) in [5.41, 5.74) is 7.77. The number of fused-ring (bicyclic) bond motifs is 1. The summed E-state index contributed by atoms with van der Waals surface area (Å²) >= 11 is 0. The first-order valence-corrected chi connectivity index (χ1v) is 6.88. The number of pyridine rings is 1. The highest BCUT2D eigenvalue weighted by molar-refractivity contribution is 6.04. The van der Waals surface area contributed by atoms with Gasteiger partial charge >= 0.3 is 0 Å². The molecule has 111 valence electrons. The zero-order chi connectivity index (χ0) is 15.6. The average molecular weight is 285 g/mol. The van der Waals surface area contributed by atoms with Crippen molar-refractivity contribution >= 4 is 22.6 Å². The van der Waals surface area contributed by atoms with Crippen molar-refractivity contribution in [2.24, 2.45) is 5.73 Å². The zero-order valence-corrected chi connectivity index (χ0v) is 13.0. The number of rotatable bonds is 5. The maximum absolute atomic E-state index is 11.9. The van der Waals surface area contributed by atoms with Crippen LogP contribution in [0.5, 0.6) is 0 Å². The number of primary amides is 1. The molecule has 21 heavy (non-hydrogen) atoms. The lowest BCUT2D eigenvalue weighted by Crippen LogP contribution is -2.31. The van der Waals surface area contributed by atoms with E-state index < -0.39 is 5.91 Å². The Morgan fingerprint density at radius 3 is 2.67 bits per heavy atom. The molecule has 5 heteroatoms. The molecular weight excluding hydrogens is 264 g/mol. The summed E-state index contributed by atoms with van der Waals surface area (Å²) in [6, 6.07) is 8.58. The van der Waals surface area contributed by atoms with Crippen molar-refractivity contribution < 1.29 is 4.79 Å². The molecule has 0 saturated heterocycles. The quantitative estimate of drug-likeness (QED) is 0.903. The maximum atomic E-state index is 11.9. The lowest BCUT2D eigenvalue weighted by atomic mass is 10.0. The Morgan fingerprint density at radius 2 is 2.05 bits per heavy atom. The average Bonchev–Trinajstić information content (AvgIpc) is 2.44. The third kappa shape index (κ3) is 3.13. The molecule has 0 aliphatic heterocycles. The summed E-state index contributed by atoms with van der Waals surface area (Å²) in [6.45, 7) is 3.54. The Labute approximate surface area is 125 Å². The van der Waals surface area contributed by atoms with Crippen LogP contribution in [-0.2, 0) is 0 Å². The molecule has 1 amide bonds. The number of anilines is 1. The highest BCUT2D eigenvalue weighted by atomic mass is 16.1. The second-order valence-corrected chi connectivity index (χ2v) is 5.47. The van der Waals surface area contributed by atoms with Gasteiger partial charge in [-0.05, 0) is 44.8 Å². The van der Waals surface area contributed by atoms with Crippen molar-refractivity contribution in [2.75, 3.05) is 39.1 Å². The number of likely N-dealkylation sites (N-methyl/N-ethyl adjacent to an activating group) is 2. The van der Waals surface area contributed by atoms with Gasteiger partial charge in [0.2, 0.25) is 0 Å². The van der Waals surface area contributed by atoms with Gasteiger partial charge in [-0.3, -0.25) is 4.79 Å². The molecule has 0 bridgehead atoms. The van der Waals surface area contributed by atoms with Crippen LogP contribution in [0.2, 0.25) is 0 Å². The van der Waals surface area contributed by atoms with E-state index in [1.807, 2.05) is 51.2 Å². The highest BCUT2D eigenvalue weighted by Gasteiger charge is 2.19. The van der Waals surface area contributed by atoms with Gasteiger partial charge in [-0.2, -0.15) is 0 Å². The number of carbonyl (C=O) groups is 1. The van der Waals surface area contributed by atoms with E-state index in [2.05, 4.69) is 16.0 Å². The summed E-state index contributed by atoms with van der Waals surface area (Å²) in [5.74, 6) is 0.193. The molecule has 0 aliphatic rings. The third-order valence-corrected chi connectivity index (χ3v) is 3.56. The van der Waals surface area contributed by atoms with E-state index in [0.717, 1.165) is 29.6 Å². The molecule has 1 radical (unpaired) electrons. The summed E-state index contributed by atoms with van der Waals surface area (Å²) < 4.78 is 0. The number of amides is 1. The molecule has 0 atom stereocenters. The first kappa shape index (κ1) is 15.3. The van der Waals surface area contributed by atoms with E-state index in [0.29, 0.717) is 11.4 Å². The standard InChI is InChI=1S/C16H21N4O/c1-11-12-7-5-6-8-13(12)18-16(14(11)15(17)21)20(4)10-9-19(2)3/h6-8H,9-10H2,1-4H3,(H2,17,21). The normalized spacial score (nSPS) is 11.1. The number of hydrogen-bond acceptors (Lipinski definition) is 4. The smallest absolute Gasteiger partial charge is 0.252 e. The zero-order valence-electron chi connectivity index (χ0n) is 13.0. The van der Waals surface area contributed by atoms with Gasteiger partial charge in [-0.1, -0.05) is 6.07 Å².